The van der Waals surface area contributed by atoms with E-state index in [1.807, 2.05) is 5.32 Å². The lowest BCUT2D eigenvalue weighted by molar-refractivity contribution is -0.157. The first kappa shape index (κ1) is 19.8. The number of carbonyl (C=O) groups excluding carboxylic acids is 1. The summed E-state index contributed by atoms with van der Waals surface area (Å²) in [4.78, 5) is 23.3. The fourth-order valence-corrected chi connectivity index (χ4v) is 2.59. The molecule has 0 aliphatic carbocycles. The highest BCUT2D eigenvalue weighted by molar-refractivity contribution is 6.30. The number of carbonyl (C=O) groups is 2. The molecule has 0 fully saturated rings. The number of aliphatic carboxylic acids is 1. The van der Waals surface area contributed by atoms with Crippen LogP contribution in [0.1, 0.15) is 29.4 Å². The van der Waals surface area contributed by atoms with Gasteiger partial charge in [-0.15, -0.1) is 0 Å². The number of aromatic nitrogens is 2. The number of alkyl halides is 3. The van der Waals surface area contributed by atoms with Gasteiger partial charge in [0.2, 0.25) is 0 Å². The Labute approximate surface area is 151 Å². The molecule has 1 unspecified atom stereocenters. The van der Waals surface area contributed by atoms with Crippen LogP contribution < -0.4 is 5.32 Å². The molecule has 2 aromatic rings. The van der Waals surface area contributed by atoms with E-state index >= 15 is 0 Å². The molecule has 1 heterocycles. The quantitative estimate of drug-likeness (QED) is 0.794. The lowest BCUT2D eigenvalue weighted by Gasteiger charge is -2.16. The molecule has 0 saturated carbocycles. The number of rotatable bonds is 6. The second-order valence-corrected chi connectivity index (χ2v) is 5.87. The third-order valence-electron chi connectivity index (χ3n) is 3.54. The Bertz CT molecular complexity index is 821. The van der Waals surface area contributed by atoms with Crippen molar-refractivity contribution in [2.75, 3.05) is 0 Å². The Kier molecular flexibility index (Phi) is 5.91. The van der Waals surface area contributed by atoms with E-state index in [4.69, 9.17) is 16.7 Å². The molecule has 0 saturated heterocycles. The maximum Gasteiger partial charge on any atom is 0.391 e. The molecule has 1 aromatic heterocycles. The number of carboxylic acids is 1. The smallest absolute Gasteiger partial charge is 0.391 e. The summed E-state index contributed by atoms with van der Waals surface area (Å²) >= 11 is 5.93. The molecule has 0 aliphatic rings. The largest absolute Gasteiger partial charge is 0.480 e. The summed E-state index contributed by atoms with van der Waals surface area (Å²) in [5.41, 5.74) is 0.986. The molecule has 26 heavy (non-hydrogen) atoms. The highest BCUT2D eigenvalue weighted by Crippen LogP contribution is 2.23. The molecule has 2 rings (SSSR count). The summed E-state index contributed by atoms with van der Waals surface area (Å²) in [6.07, 6.45) is -4.87. The first-order valence-corrected chi connectivity index (χ1v) is 7.93. The molecule has 1 amide bonds. The predicted octanol–water partition coefficient (Wildman–Crippen LogP) is 3.22. The molecular formula is C16H15ClF3N3O3. The molecule has 0 bridgehead atoms. The topological polar surface area (TPSA) is 84.2 Å². The molecule has 0 radical (unpaired) electrons. The van der Waals surface area contributed by atoms with Crippen LogP contribution in [0, 0.1) is 0 Å². The number of hydrogen-bond acceptors (Lipinski definition) is 3. The molecule has 6 nitrogen and oxygen atoms in total. The van der Waals surface area contributed by atoms with E-state index in [0.29, 0.717) is 22.8 Å². The van der Waals surface area contributed by atoms with E-state index in [1.165, 1.54) is 10.9 Å². The van der Waals surface area contributed by atoms with Crippen LogP contribution in [-0.2, 0) is 11.2 Å². The van der Waals surface area contributed by atoms with Crippen LogP contribution in [0.4, 0.5) is 13.2 Å². The molecular weight excluding hydrogens is 375 g/mol. The molecule has 140 valence electrons. The zero-order valence-corrected chi connectivity index (χ0v) is 14.3. The number of carboxylic acid groups (broad SMARTS) is 1. The van der Waals surface area contributed by atoms with Gasteiger partial charge in [-0.1, -0.05) is 24.6 Å². The number of nitrogens with zero attached hydrogens (tertiary/aromatic N) is 2. The molecule has 2 N–H and O–H groups in total. The minimum Gasteiger partial charge on any atom is -0.480 e. The maximum atomic E-state index is 12.5. The van der Waals surface area contributed by atoms with Crippen molar-refractivity contribution in [1.82, 2.24) is 15.1 Å². The Morgan fingerprint density at radius 3 is 2.62 bits per heavy atom. The van der Waals surface area contributed by atoms with Gasteiger partial charge in [0.15, 0.2) is 0 Å². The van der Waals surface area contributed by atoms with Gasteiger partial charge in [-0.05, 0) is 24.6 Å². The Morgan fingerprint density at radius 2 is 2.08 bits per heavy atom. The van der Waals surface area contributed by atoms with Crippen molar-refractivity contribution in [2.24, 2.45) is 0 Å². The Morgan fingerprint density at radius 1 is 1.38 bits per heavy atom. The summed E-state index contributed by atoms with van der Waals surface area (Å²) in [6, 6.07) is 4.56. The fraction of sp³-hybridized carbons (Fsp3) is 0.312. The summed E-state index contributed by atoms with van der Waals surface area (Å²) < 4.78 is 38.9. The van der Waals surface area contributed by atoms with Gasteiger partial charge in [-0.3, -0.25) is 4.79 Å². The average molecular weight is 390 g/mol. The average Bonchev–Trinajstić information content (AvgIpc) is 2.96. The van der Waals surface area contributed by atoms with Gasteiger partial charge in [-0.2, -0.15) is 18.3 Å². The van der Waals surface area contributed by atoms with Gasteiger partial charge in [0, 0.05) is 5.02 Å². The standard InChI is InChI=1S/C16H15ClF3N3O3/c1-2-13-11(8-21-23(13)10-5-3-4-9(17)6-10)14(24)22-12(15(25)26)7-16(18,19)20/h3-6,8,12H,2,7H2,1H3,(H,22,24)(H,25,26). The molecule has 1 aromatic carbocycles. The normalized spacial score (nSPS) is 12.7. The van der Waals surface area contributed by atoms with Crippen molar-refractivity contribution < 1.29 is 27.9 Å². The van der Waals surface area contributed by atoms with Crippen molar-refractivity contribution in [3.05, 3.63) is 46.7 Å². The number of hydrogen-bond donors (Lipinski definition) is 2. The van der Waals surface area contributed by atoms with E-state index in [0.717, 1.165) is 0 Å². The molecule has 0 spiro atoms. The second-order valence-electron chi connectivity index (χ2n) is 5.43. The van der Waals surface area contributed by atoms with Crippen LogP contribution in [0.2, 0.25) is 5.02 Å². The summed E-state index contributed by atoms with van der Waals surface area (Å²) in [5.74, 6) is -2.71. The lowest BCUT2D eigenvalue weighted by atomic mass is 10.1. The monoisotopic (exact) mass is 389 g/mol. The van der Waals surface area contributed by atoms with E-state index < -0.39 is 30.5 Å². The summed E-state index contributed by atoms with van der Waals surface area (Å²) in [5, 5.41) is 15.3. The van der Waals surface area contributed by atoms with Crippen molar-refractivity contribution in [3.8, 4) is 5.69 Å². The zero-order chi connectivity index (χ0) is 19.5. The van der Waals surface area contributed by atoms with Crippen LogP contribution in [0.3, 0.4) is 0 Å². The third-order valence-corrected chi connectivity index (χ3v) is 3.78. The van der Waals surface area contributed by atoms with Gasteiger partial charge in [0.1, 0.15) is 6.04 Å². The number of amides is 1. The summed E-state index contributed by atoms with van der Waals surface area (Å²) in [7, 11) is 0. The highest BCUT2D eigenvalue weighted by atomic mass is 35.5. The van der Waals surface area contributed by atoms with Crippen molar-refractivity contribution in [2.45, 2.75) is 32.0 Å². The zero-order valence-electron chi connectivity index (χ0n) is 13.5. The number of halogens is 4. The molecule has 10 heteroatoms. The first-order chi connectivity index (χ1) is 12.1. The number of benzene rings is 1. The predicted molar refractivity (Wildman–Crippen MR) is 87.5 cm³/mol. The van der Waals surface area contributed by atoms with Crippen LogP contribution in [-0.4, -0.2) is 39.0 Å². The van der Waals surface area contributed by atoms with E-state index in [9.17, 15) is 22.8 Å². The van der Waals surface area contributed by atoms with Gasteiger partial charge in [0.05, 0.1) is 29.6 Å². The summed E-state index contributed by atoms with van der Waals surface area (Å²) in [6.45, 7) is 1.74. The highest BCUT2D eigenvalue weighted by Gasteiger charge is 2.36. The minimum absolute atomic E-state index is 0.000833. The van der Waals surface area contributed by atoms with E-state index in [2.05, 4.69) is 5.10 Å². The van der Waals surface area contributed by atoms with E-state index in [-0.39, 0.29) is 5.56 Å². The first-order valence-electron chi connectivity index (χ1n) is 7.55. The van der Waals surface area contributed by atoms with Gasteiger partial charge >= 0.3 is 12.1 Å². The van der Waals surface area contributed by atoms with E-state index in [1.54, 1.807) is 31.2 Å². The van der Waals surface area contributed by atoms with Crippen LogP contribution >= 0.6 is 11.6 Å². The van der Waals surface area contributed by atoms with Crippen molar-refractivity contribution in [1.29, 1.82) is 0 Å². The maximum absolute atomic E-state index is 12.5. The van der Waals surface area contributed by atoms with Crippen LogP contribution in [0.15, 0.2) is 30.5 Å². The van der Waals surface area contributed by atoms with Gasteiger partial charge in [-0.25, -0.2) is 9.48 Å². The lowest BCUT2D eigenvalue weighted by Crippen LogP contribution is -2.43. The number of nitrogens with one attached hydrogen (secondary N) is 1. The minimum atomic E-state index is -4.73. The van der Waals surface area contributed by atoms with Gasteiger partial charge < -0.3 is 10.4 Å². The van der Waals surface area contributed by atoms with Crippen LogP contribution in [0.5, 0.6) is 0 Å². The molecule has 0 aliphatic heterocycles. The third kappa shape index (κ3) is 4.75. The van der Waals surface area contributed by atoms with Crippen molar-refractivity contribution in [3.63, 3.8) is 0 Å². The van der Waals surface area contributed by atoms with Gasteiger partial charge in [0.25, 0.3) is 5.91 Å². The SMILES string of the molecule is CCc1c(C(=O)NC(CC(F)(F)F)C(=O)O)cnn1-c1cccc(Cl)c1. The Hall–Kier alpha value is -2.55. The fourth-order valence-electron chi connectivity index (χ4n) is 2.40. The Balaban J connectivity index is 2.30. The second kappa shape index (κ2) is 7.77. The molecule has 1 atom stereocenters. The van der Waals surface area contributed by atoms with Crippen molar-refractivity contribution >= 4 is 23.5 Å². The van der Waals surface area contributed by atoms with Crippen LogP contribution in [0.25, 0.3) is 5.69 Å².